The van der Waals surface area contributed by atoms with Crippen molar-refractivity contribution >= 4 is 9.90 Å². The van der Waals surface area contributed by atoms with Crippen LogP contribution >= 0.6 is 9.90 Å². The third kappa shape index (κ3) is 10.2. The molecule has 0 aromatic heterocycles. The van der Waals surface area contributed by atoms with Gasteiger partial charge in [-0.25, -0.2) is 0 Å². The van der Waals surface area contributed by atoms with Crippen LogP contribution in [0, 0.1) is 0 Å². The summed E-state index contributed by atoms with van der Waals surface area (Å²) in [6.45, 7) is 0. The van der Waals surface area contributed by atoms with Crippen molar-refractivity contribution in [3.8, 4) is 0 Å². The van der Waals surface area contributed by atoms with Crippen molar-refractivity contribution in [2.24, 2.45) is 0 Å². The minimum absolute atomic E-state index is 0. The number of hydrogen-bond donors (Lipinski definition) is 0. The Morgan fingerprint density at radius 1 is 1.00 bits per heavy atom. The van der Waals surface area contributed by atoms with Gasteiger partial charge in [0.05, 0.1) is 0 Å². The largest absolute Gasteiger partial charge is 1.00 e. The second-order valence-electron chi connectivity index (χ2n) is 0. The summed E-state index contributed by atoms with van der Waals surface area (Å²) in [4.78, 5) is 0. The molecule has 0 bridgehead atoms. The Hall–Kier alpha value is 1.35. The molecule has 0 aromatic rings. The second-order valence-corrected chi connectivity index (χ2v) is 0. The Bertz CT molecular complexity index is 6.00. The van der Waals surface area contributed by atoms with Crippen LogP contribution in [0.2, 0.25) is 0 Å². The molecule has 0 spiro atoms. The van der Waals surface area contributed by atoms with Crippen LogP contribution in [0.5, 0.6) is 0 Å². The van der Waals surface area contributed by atoms with Gasteiger partial charge in [-0.1, -0.05) is 0 Å². The van der Waals surface area contributed by atoms with Crippen LogP contribution in [0.15, 0.2) is 0 Å². The van der Waals surface area contributed by atoms with Crippen molar-refractivity contribution in [1.29, 1.82) is 0 Å². The maximum absolute atomic E-state index is 0. The molecule has 0 heterocycles. The van der Waals surface area contributed by atoms with Gasteiger partial charge < -0.3 is 11.0 Å². The maximum atomic E-state index is 0. The molecule has 0 saturated carbocycles. The standard InChI is InChI=1S/Na.2H2O.H3P/h;2*1H2;1H3/q+1;;;/p-1. The molecule has 0 aliphatic rings. The normalized spacial score (nSPS) is 0. The van der Waals surface area contributed by atoms with Gasteiger partial charge in [-0.05, 0) is 0 Å². The van der Waals surface area contributed by atoms with E-state index >= 15 is 0 Å². The summed E-state index contributed by atoms with van der Waals surface area (Å²) in [5, 5.41) is 0. The van der Waals surface area contributed by atoms with Gasteiger partial charge in [0.1, 0.15) is 0 Å². The Morgan fingerprint density at radius 2 is 1.00 bits per heavy atom. The summed E-state index contributed by atoms with van der Waals surface area (Å²) in [6, 6.07) is 0. The molecular weight excluding hydrogens is 86.0 g/mol. The summed E-state index contributed by atoms with van der Waals surface area (Å²) >= 11 is 0. The van der Waals surface area contributed by atoms with Gasteiger partial charge in [0, 0.05) is 0 Å². The van der Waals surface area contributed by atoms with Crippen LogP contribution in [0.4, 0.5) is 0 Å². The van der Waals surface area contributed by atoms with Crippen LogP contribution in [-0.2, 0) is 0 Å². The minimum Gasteiger partial charge on any atom is -0.870 e. The maximum Gasteiger partial charge on any atom is 1.00 e. The van der Waals surface area contributed by atoms with Gasteiger partial charge in [0.25, 0.3) is 0 Å². The molecule has 0 aromatic carbocycles. The average Bonchev–Trinajstić information content (AvgIpc) is 0. The molecule has 4 heteroatoms. The van der Waals surface area contributed by atoms with E-state index in [9.17, 15) is 0 Å². The molecule has 4 heavy (non-hydrogen) atoms. The first-order valence-electron chi connectivity index (χ1n) is 0. The zero-order valence-corrected chi connectivity index (χ0v) is 6.07. The SMILES string of the molecule is O.P.[Na+].[OH-]. The summed E-state index contributed by atoms with van der Waals surface area (Å²) in [5.41, 5.74) is 0. The van der Waals surface area contributed by atoms with Gasteiger partial charge in [0.15, 0.2) is 0 Å². The van der Waals surface area contributed by atoms with E-state index in [0.29, 0.717) is 0 Å². The molecule has 1 atom stereocenters. The molecule has 2 nitrogen and oxygen atoms in total. The molecule has 0 rings (SSSR count). The summed E-state index contributed by atoms with van der Waals surface area (Å²) in [6.07, 6.45) is 0. The van der Waals surface area contributed by atoms with Crippen molar-refractivity contribution in [2.45, 2.75) is 0 Å². The van der Waals surface area contributed by atoms with Gasteiger partial charge in [-0.3, -0.25) is 0 Å². The van der Waals surface area contributed by atoms with E-state index in [0.717, 1.165) is 0 Å². The molecule has 1 unspecified atom stereocenters. The van der Waals surface area contributed by atoms with Gasteiger partial charge in [-0.2, -0.15) is 9.90 Å². The minimum atomic E-state index is 0. The van der Waals surface area contributed by atoms with Crippen molar-refractivity contribution in [2.75, 3.05) is 0 Å². The quantitative estimate of drug-likeness (QED) is 0.222. The fraction of sp³-hybridized carbons (Fsp3) is 0. The van der Waals surface area contributed by atoms with Crippen molar-refractivity contribution < 1.29 is 40.5 Å². The molecule has 0 radical (unpaired) electrons. The zero-order valence-electron chi connectivity index (χ0n) is 2.65. The fourth-order valence-electron chi connectivity index (χ4n) is 0. The van der Waals surface area contributed by atoms with E-state index < -0.39 is 0 Å². The molecule has 24 valence electrons. The van der Waals surface area contributed by atoms with Crippen molar-refractivity contribution in [3.05, 3.63) is 0 Å². The third-order valence-corrected chi connectivity index (χ3v) is 0. The number of rotatable bonds is 0. The van der Waals surface area contributed by atoms with E-state index in [-0.39, 0.29) is 50.4 Å². The van der Waals surface area contributed by atoms with E-state index in [1.807, 2.05) is 0 Å². The Morgan fingerprint density at radius 3 is 1.00 bits per heavy atom. The molecule has 0 aliphatic heterocycles. The van der Waals surface area contributed by atoms with Gasteiger partial charge >= 0.3 is 29.6 Å². The van der Waals surface area contributed by atoms with Crippen LogP contribution in [-0.4, -0.2) is 11.0 Å². The first-order chi connectivity index (χ1) is 0. The Kier molecular flexibility index (Phi) is 372. The molecule has 0 amide bonds. The first-order valence-corrected chi connectivity index (χ1v) is 0. The molecule has 0 saturated heterocycles. The third-order valence-electron chi connectivity index (χ3n) is 0. The molecule has 0 aliphatic carbocycles. The summed E-state index contributed by atoms with van der Waals surface area (Å²) < 4.78 is 0. The van der Waals surface area contributed by atoms with E-state index in [1.54, 1.807) is 0 Å². The predicted octanol–water partition coefficient (Wildman–Crippen LogP) is -3.94. The Balaban J connectivity index is 0. The van der Waals surface area contributed by atoms with Gasteiger partial charge in [0.2, 0.25) is 0 Å². The number of hydrogen-bond acceptors (Lipinski definition) is 1. The summed E-state index contributed by atoms with van der Waals surface area (Å²) in [7, 11) is 0. The average molecular weight is 92.0 g/mol. The Labute approximate surface area is 50.5 Å². The molecular formula is H6NaO2P. The van der Waals surface area contributed by atoms with Crippen LogP contribution in [0.3, 0.4) is 0 Å². The second kappa shape index (κ2) is 26.8. The molecule has 0 fully saturated rings. The van der Waals surface area contributed by atoms with E-state index in [2.05, 4.69) is 0 Å². The van der Waals surface area contributed by atoms with Crippen molar-refractivity contribution in [1.82, 2.24) is 0 Å². The van der Waals surface area contributed by atoms with Gasteiger partial charge in [-0.15, -0.1) is 0 Å². The predicted molar refractivity (Wildman–Crippen MR) is 16.7 cm³/mol. The van der Waals surface area contributed by atoms with Crippen LogP contribution < -0.4 is 29.6 Å². The van der Waals surface area contributed by atoms with Crippen LogP contribution in [0.1, 0.15) is 0 Å². The first kappa shape index (κ1) is 55.5. The topological polar surface area (TPSA) is 61.5 Å². The van der Waals surface area contributed by atoms with Crippen LogP contribution in [0.25, 0.3) is 0 Å². The smallest absolute Gasteiger partial charge is 0.870 e. The molecule has 3 N–H and O–H groups in total. The van der Waals surface area contributed by atoms with Crippen molar-refractivity contribution in [3.63, 3.8) is 0 Å². The van der Waals surface area contributed by atoms with E-state index in [1.165, 1.54) is 0 Å². The fourth-order valence-corrected chi connectivity index (χ4v) is 0. The van der Waals surface area contributed by atoms with E-state index in [4.69, 9.17) is 0 Å². The summed E-state index contributed by atoms with van der Waals surface area (Å²) in [5.74, 6) is 0. The zero-order chi connectivity index (χ0) is 0. The monoisotopic (exact) mass is 92.0 g/mol.